The van der Waals surface area contributed by atoms with Gasteiger partial charge in [-0.1, -0.05) is 18.2 Å². The van der Waals surface area contributed by atoms with Gasteiger partial charge in [0, 0.05) is 23.5 Å². The molecule has 0 saturated heterocycles. The Labute approximate surface area is 86.7 Å². The van der Waals surface area contributed by atoms with Crippen molar-refractivity contribution in [1.29, 1.82) is 0 Å². The molecule has 15 heavy (non-hydrogen) atoms. The van der Waals surface area contributed by atoms with Crippen molar-refractivity contribution in [3.63, 3.8) is 0 Å². The molecular formula is C11H12N2O2. The number of rotatable bonds is 3. The number of aromatic nitrogens is 1. The highest BCUT2D eigenvalue weighted by atomic mass is 16.4. The van der Waals surface area contributed by atoms with Gasteiger partial charge in [0.15, 0.2) is 0 Å². The molecule has 1 unspecified atom stereocenters. The van der Waals surface area contributed by atoms with Crippen LogP contribution in [0.3, 0.4) is 0 Å². The molecule has 2 rings (SSSR count). The minimum atomic E-state index is -0.972. The summed E-state index contributed by atoms with van der Waals surface area (Å²) in [6.07, 6.45) is 2.16. The number of benzene rings is 1. The summed E-state index contributed by atoms with van der Waals surface area (Å²) in [7, 11) is 0. The van der Waals surface area contributed by atoms with E-state index < -0.39 is 12.0 Å². The number of carbonyl (C=O) groups is 1. The van der Waals surface area contributed by atoms with Crippen LogP contribution < -0.4 is 5.73 Å². The summed E-state index contributed by atoms with van der Waals surface area (Å²) in [5.41, 5.74) is 7.43. The number of hydrogen-bond donors (Lipinski definition) is 3. The summed E-state index contributed by atoms with van der Waals surface area (Å²) in [4.78, 5) is 13.7. The maximum atomic E-state index is 10.6. The number of carboxylic acids is 1. The molecule has 2 aromatic rings. The van der Waals surface area contributed by atoms with E-state index in [9.17, 15) is 4.79 Å². The molecule has 0 aliphatic heterocycles. The van der Waals surface area contributed by atoms with E-state index in [2.05, 4.69) is 4.98 Å². The van der Waals surface area contributed by atoms with Crippen molar-refractivity contribution in [2.75, 3.05) is 0 Å². The smallest absolute Gasteiger partial charge is 0.320 e. The maximum Gasteiger partial charge on any atom is 0.320 e. The number of H-pyrrole nitrogens is 1. The zero-order valence-corrected chi connectivity index (χ0v) is 8.10. The molecule has 1 aromatic heterocycles. The second-order valence-corrected chi connectivity index (χ2v) is 3.51. The van der Waals surface area contributed by atoms with Crippen LogP contribution in [0.1, 0.15) is 5.56 Å². The van der Waals surface area contributed by atoms with E-state index in [1.165, 1.54) is 0 Å². The van der Waals surface area contributed by atoms with Crippen LogP contribution in [-0.2, 0) is 11.2 Å². The van der Waals surface area contributed by atoms with Crippen LogP contribution in [0.2, 0.25) is 0 Å². The summed E-state index contributed by atoms with van der Waals surface area (Å²) in [5, 5.41) is 9.75. The van der Waals surface area contributed by atoms with Crippen LogP contribution in [0, 0.1) is 0 Å². The lowest BCUT2D eigenvalue weighted by atomic mass is 10.1. The minimum absolute atomic E-state index is 0.347. The van der Waals surface area contributed by atoms with Gasteiger partial charge in [-0.25, -0.2) is 0 Å². The van der Waals surface area contributed by atoms with E-state index in [1.54, 1.807) is 0 Å². The molecular weight excluding hydrogens is 193 g/mol. The fourth-order valence-electron chi connectivity index (χ4n) is 1.62. The predicted molar refractivity (Wildman–Crippen MR) is 57.6 cm³/mol. The first-order valence-corrected chi connectivity index (χ1v) is 4.72. The Bertz CT molecular complexity index is 490. The molecule has 0 saturated carbocycles. The molecule has 1 heterocycles. The number of hydrogen-bond acceptors (Lipinski definition) is 2. The van der Waals surface area contributed by atoms with Crippen LogP contribution >= 0.6 is 0 Å². The molecule has 1 aromatic carbocycles. The summed E-state index contributed by atoms with van der Waals surface area (Å²) in [5.74, 6) is -0.972. The Morgan fingerprint density at radius 1 is 1.47 bits per heavy atom. The lowest BCUT2D eigenvalue weighted by molar-refractivity contribution is -0.138. The first-order chi connectivity index (χ1) is 7.18. The molecule has 0 aliphatic carbocycles. The standard InChI is InChI=1S/C11H12N2O2/c12-9(11(14)15)5-7-6-13-10-4-2-1-3-8(7)10/h1-4,6,9,13H,5,12H2,(H,14,15)/i9+1. The van der Waals surface area contributed by atoms with Gasteiger partial charge in [0.25, 0.3) is 0 Å². The van der Waals surface area contributed by atoms with Crippen LogP contribution in [0.25, 0.3) is 10.9 Å². The van der Waals surface area contributed by atoms with Crippen molar-refractivity contribution in [3.8, 4) is 0 Å². The minimum Gasteiger partial charge on any atom is -0.480 e. The predicted octanol–water partition coefficient (Wildman–Crippen LogP) is 1.12. The fraction of sp³-hybridized carbons (Fsp3) is 0.182. The number of fused-ring (bicyclic) bond motifs is 1. The van der Waals surface area contributed by atoms with Crippen LogP contribution in [0.5, 0.6) is 0 Å². The lowest BCUT2D eigenvalue weighted by Crippen LogP contribution is -2.32. The molecule has 0 amide bonds. The average molecular weight is 205 g/mol. The largest absolute Gasteiger partial charge is 0.480 e. The first kappa shape index (κ1) is 9.73. The molecule has 4 heteroatoms. The normalized spacial score (nSPS) is 12.9. The van der Waals surface area contributed by atoms with Crippen molar-refractivity contribution in [1.82, 2.24) is 4.98 Å². The highest BCUT2D eigenvalue weighted by molar-refractivity contribution is 5.84. The molecule has 4 N–H and O–H groups in total. The van der Waals surface area contributed by atoms with E-state index >= 15 is 0 Å². The molecule has 1 atom stereocenters. The monoisotopic (exact) mass is 205 g/mol. The molecule has 0 bridgehead atoms. The van der Waals surface area contributed by atoms with Gasteiger partial charge in [-0.15, -0.1) is 0 Å². The zero-order chi connectivity index (χ0) is 10.8. The number of aromatic amines is 1. The van der Waals surface area contributed by atoms with Gasteiger partial charge in [0.05, 0.1) is 0 Å². The first-order valence-electron chi connectivity index (χ1n) is 4.72. The van der Waals surface area contributed by atoms with Crippen molar-refractivity contribution in [3.05, 3.63) is 36.0 Å². The highest BCUT2D eigenvalue weighted by Crippen LogP contribution is 2.18. The van der Waals surface area contributed by atoms with Gasteiger partial charge in [0.2, 0.25) is 0 Å². The van der Waals surface area contributed by atoms with Crippen LogP contribution in [0.4, 0.5) is 0 Å². The lowest BCUT2D eigenvalue weighted by Gasteiger charge is -2.04. The molecule has 0 fully saturated rings. The number of nitrogens with one attached hydrogen (secondary N) is 1. The van der Waals surface area contributed by atoms with E-state index in [4.69, 9.17) is 10.8 Å². The molecule has 0 radical (unpaired) electrons. The second-order valence-electron chi connectivity index (χ2n) is 3.51. The van der Waals surface area contributed by atoms with Crippen molar-refractivity contribution in [2.45, 2.75) is 12.5 Å². The average Bonchev–Trinajstić information content (AvgIpc) is 2.62. The Morgan fingerprint density at radius 2 is 2.20 bits per heavy atom. The molecule has 0 aliphatic rings. The van der Waals surface area contributed by atoms with E-state index in [0.717, 1.165) is 16.5 Å². The number of nitrogens with two attached hydrogens (primary N) is 1. The van der Waals surface area contributed by atoms with Gasteiger partial charge < -0.3 is 15.8 Å². The number of carboxylic acid groups (broad SMARTS) is 1. The fourth-order valence-corrected chi connectivity index (χ4v) is 1.62. The van der Waals surface area contributed by atoms with Gasteiger partial charge >= 0.3 is 5.97 Å². The van der Waals surface area contributed by atoms with E-state index in [-0.39, 0.29) is 0 Å². The summed E-state index contributed by atoms with van der Waals surface area (Å²) < 4.78 is 0. The maximum absolute atomic E-state index is 10.6. The van der Waals surface area contributed by atoms with Crippen molar-refractivity contribution in [2.24, 2.45) is 5.73 Å². The topological polar surface area (TPSA) is 79.1 Å². The van der Waals surface area contributed by atoms with Gasteiger partial charge in [0.1, 0.15) is 6.04 Å². The Hall–Kier alpha value is -1.81. The van der Waals surface area contributed by atoms with Crippen LogP contribution in [-0.4, -0.2) is 22.1 Å². The SMILES string of the molecule is N[13CH](Cc1c[nH]c2ccccc12)C(=O)O. The summed E-state index contributed by atoms with van der Waals surface area (Å²) >= 11 is 0. The van der Waals surface area contributed by atoms with Gasteiger partial charge in [-0.3, -0.25) is 4.79 Å². The van der Waals surface area contributed by atoms with Crippen molar-refractivity contribution < 1.29 is 9.90 Å². The van der Waals surface area contributed by atoms with E-state index in [0.29, 0.717) is 6.42 Å². The third-order valence-electron chi connectivity index (χ3n) is 2.43. The number of aliphatic carboxylic acids is 1. The van der Waals surface area contributed by atoms with Crippen molar-refractivity contribution >= 4 is 16.9 Å². The number of para-hydroxylation sites is 1. The van der Waals surface area contributed by atoms with Crippen LogP contribution in [0.15, 0.2) is 30.5 Å². The molecule has 78 valence electrons. The molecule has 0 spiro atoms. The third-order valence-corrected chi connectivity index (χ3v) is 2.43. The quantitative estimate of drug-likeness (QED) is 0.657. The Balaban J connectivity index is 2.32. The zero-order valence-electron chi connectivity index (χ0n) is 8.10. The Morgan fingerprint density at radius 3 is 2.93 bits per heavy atom. The third kappa shape index (κ3) is 1.85. The summed E-state index contributed by atoms with van der Waals surface area (Å²) in [6.45, 7) is 0. The Kier molecular flexibility index (Phi) is 2.43. The molecule has 4 nitrogen and oxygen atoms in total. The summed E-state index contributed by atoms with van der Waals surface area (Å²) in [6, 6.07) is 6.91. The van der Waals surface area contributed by atoms with Gasteiger partial charge in [-0.05, 0) is 11.6 Å². The van der Waals surface area contributed by atoms with E-state index in [1.807, 2.05) is 30.5 Å². The van der Waals surface area contributed by atoms with Gasteiger partial charge in [-0.2, -0.15) is 0 Å². The highest BCUT2D eigenvalue weighted by Gasteiger charge is 2.14. The second kappa shape index (κ2) is 3.74.